The molecule has 2 aliphatic heterocycles. The van der Waals surface area contributed by atoms with E-state index in [1.165, 1.54) is 33.1 Å². The Bertz CT molecular complexity index is 2610. The van der Waals surface area contributed by atoms with Gasteiger partial charge in [0.15, 0.2) is 0 Å². The summed E-state index contributed by atoms with van der Waals surface area (Å²) in [6.07, 6.45) is 2.13. The third-order valence-electron chi connectivity index (χ3n) is 12.2. The Morgan fingerprint density at radius 2 is 1.69 bits per heavy atom. The van der Waals surface area contributed by atoms with Crippen LogP contribution in [0.1, 0.15) is 47.2 Å². The number of aryl methyl sites for hydroxylation is 2. The van der Waals surface area contributed by atoms with Crippen molar-refractivity contribution in [2.45, 2.75) is 32.6 Å². The summed E-state index contributed by atoms with van der Waals surface area (Å²) in [5.74, 6) is -7.82. The van der Waals surface area contributed by atoms with E-state index in [1.54, 1.807) is 38.2 Å². The number of carboxylic acids is 1. The minimum atomic E-state index is -1.39. The number of halogens is 1. The van der Waals surface area contributed by atoms with Crippen LogP contribution in [0.5, 0.6) is 11.5 Å². The van der Waals surface area contributed by atoms with Crippen molar-refractivity contribution in [3.05, 3.63) is 100 Å². The van der Waals surface area contributed by atoms with Crippen LogP contribution in [-0.2, 0) is 26.2 Å². The Hall–Kier alpha value is -5.79. The number of carbonyl (C=O) groups excluding carboxylic acids is 4. The molecule has 14 heteroatoms. The quantitative estimate of drug-likeness (QED) is 0.128. The molecule has 4 aliphatic rings. The van der Waals surface area contributed by atoms with Crippen LogP contribution in [0, 0.1) is 36.0 Å². The molecule has 0 spiro atoms. The highest BCUT2D eigenvalue weighted by atomic mass is 35.5. The average molecular weight is 777 g/mol. The zero-order valence-electron chi connectivity index (χ0n) is 29.7. The van der Waals surface area contributed by atoms with Crippen molar-refractivity contribution in [3.63, 3.8) is 0 Å². The van der Waals surface area contributed by atoms with Crippen LogP contribution >= 0.6 is 22.9 Å². The largest absolute Gasteiger partial charge is 0.508 e. The van der Waals surface area contributed by atoms with E-state index in [1.807, 2.05) is 31.2 Å². The van der Waals surface area contributed by atoms with Gasteiger partial charge in [-0.25, -0.2) is 14.6 Å². The number of aromatic nitrogens is 2. The molecule has 0 unspecified atom stereocenters. The molecule has 278 valence electrons. The number of para-hydroxylation sites is 1. The second-order valence-corrected chi connectivity index (χ2v) is 16.4. The second-order valence-electron chi connectivity index (χ2n) is 14.9. The van der Waals surface area contributed by atoms with Crippen molar-refractivity contribution in [3.8, 4) is 22.1 Å². The van der Waals surface area contributed by atoms with Crippen molar-refractivity contribution in [1.82, 2.24) is 9.78 Å². The molecular weight excluding hydrogens is 744 g/mol. The van der Waals surface area contributed by atoms with Crippen molar-refractivity contribution in [2.24, 2.45) is 36.1 Å². The predicted molar refractivity (Wildman–Crippen MR) is 204 cm³/mol. The number of aromatic carboxylic acids is 1. The van der Waals surface area contributed by atoms with Gasteiger partial charge < -0.3 is 15.3 Å². The minimum Gasteiger partial charge on any atom is -0.508 e. The third kappa shape index (κ3) is 4.82. The Balaban J connectivity index is 1.14. The number of rotatable bonds is 5. The van der Waals surface area contributed by atoms with E-state index in [9.17, 15) is 34.5 Å². The summed E-state index contributed by atoms with van der Waals surface area (Å²) >= 11 is 7.83. The number of aromatic hydroxyl groups is 2. The fourth-order valence-electron chi connectivity index (χ4n) is 9.62. The summed E-state index contributed by atoms with van der Waals surface area (Å²) in [5, 5.41) is 37.5. The molecule has 0 bridgehead atoms. The molecule has 6 atom stereocenters. The molecule has 2 saturated heterocycles. The fourth-order valence-corrected chi connectivity index (χ4v) is 10.9. The summed E-state index contributed by atoms with van der Waals surface area (Å²) in [6, 6.07) is 17.6. The number of anilines is 2. The van der Waals surface area contributed by atoms with Gasteiger partial charge in [-0.1, -0.05) is 41.4 Å². The van der Waals surface area contributed by atoms with Crippen molar-refractivity contribution in [2.75, 3.05) is 9.80 Å². The van der Waals surface area contributed by atoms with Crippen LogP contribution in [0.2, 0.25) is 5.02 Å². The molecule has 1 saturated carbocycles. The van der Waals surface area contributed by atoms with Crippen LogP contribution in [0.15, 0.2) is 78.4 Å². The Kier molecular flexibility index (Phi) is 7.69. The van der Waals surface area contributed by atoms with Gasteiger partial charge in [0, 0.05) is 40.4 Å². The number of fused-ring (bicyclic) bond motifs is 5. The lowest BCUT2D eigenvalue weighted by Crippen LogP contribution is -2.49. The highest BCUT2D eigenvalue weighted by Crippen LogP contribution is 2.64. The van der Waals surface area contributed by atoms with Gasteiger partial charge in [-0.05, 0) is 80.0 Å². The summed E-state index contributed by atoms with van der Waals surface area (Å²) in [4.78, 5) is 72.8. The van der Waals surface area contributed by atoms with Gasteiger partial charge in [-0.15, -0.1) is 11.3 Å². The maximum atomic E-state index is 15.0. The molecule has 3 fully saturated rings. The van der Waals surface area contributed by atoms with Crippen LogP contribution in [0.25, 0.3) is 20.7 Å². The molecule has 2 aliphatic carbocycles. The molecule has 2 aromatic heterocycles. The van der Waals surface area contributed by atoms with Crippen LogP contribution in [0.4, 0.5) is 11.5 Å². The molecule has 9 rings (SSSR count). The first-order valence-corrected chi connectivity index (χ1v) is 18.9. The number of benzene rings is 3. The van der Waals surface area contributed by atoms with Gasteiger partial charge in [0.1, 0.15) is 28.6 Å². The number of hydrogen-bond donors (Lipinski definition) is 3. The maximum Gasteiger partial charge on any atom is 0.339 e. The summed E-state index contributed by atoms with van der Waals surface area (Å²) in [7, 11) is 1.68. The Labute approximate surface area is 322 Å². The monoisotopic (exact) mass is 776 g/mol. The first-order chi connectivity index (χ1) is 26.2. The fraction of sp³-hybridized carbons (Fsp3) is 0.268. The molecular formula is C41H33ClN4O8S. The Morgan fingerprint density at radius 1 is 0.927 bits per heavy atom. The molecule has 4 heterocycles. The number of allylic oxidation sites excluding steroid dienone is 2. The number of nitrogens with zero attached hydrogens (tertiary/aromatic N) is 4. The first kappa shape index (κ1) is 34.9. The minimum absolute atomic E-state index is 0.0358. The summed E-state index contributed by atoms with van der Waals surface area (Å²) < 4.78 is 2.53. The Morgan fingerprint density at radius 3 is 2.42 bits per heavy atom. The highest BCUT2D eigenvalue weighted by Gasteiger charge is 2.68. The molecule has 5 aromatic rings. The number of phenolic OH excluding ortho intramolecular Hbond substituents is 1. The van der Waals surface area contributed by atoms with E-state index in [0.29, 0.717) is 21.9 Å². The first-order valence-electron chi connectivity index (χ1n) is 17.8. The van der Waals surface area contributed by atoms with E-state index in [0.717, 1.165) is 37.6 Å². The van der Waals surface area contributed by atoms with Crippen LogP contribution in [0.3, 0.4) is 0 Å². The lowest BCUT2D eigenvalue weighted by atomic mass is 9.51. The number of amides is 4. The summed E-state index contributed by atoms with van der Waals surface area (Å²) in [6.45, 7) is 3.72. The number of thiophene rings is 1. The third-order valence-corrected chi connectivity index (χ3v) is 13.7. The van der Waals surface area contributed by atoms with Gasteiger partial charge in [-0.3, -0.25) is 23.9 Å². The lowest BCUT2D eigenvalue weighted by molar-refractivity contribution is -0.131. The maximum absolute atomic E-state index is 15.0. The van der Waals surface area contributed by atoms with Gasteiger partial charge in [0.2, 0.25) is 23.6 Å². The van der Waals surface area contributed by atoms with Crippen LogP contribution < -0.4 is 9.80 Å². The van der Waals surface area contributed by atoms with Gasteiger partial charge in [0.05, 0.1) is 33.7 Å². The van der Waals surface area contributed by atoms with Crippen molar-refractivity contribution in [1.29, 1.82) is 0 Å². The van der Waals surface area contributed by atoms with Gasteiger partial charge >= 0.3 is 5.97 Å². The van der Waals surface area contributed by atoms with E-state index in [-0.39, 0.29) is 35.7 Å². The number of carboxylic acid groups (broad SMARTS) is 1. The molecule has 4 amide bonds. The lowest BCUT2D eigenvalue weighted by Gasteiger charge is -2.49. The molecule has 0 radical (unpaired) electrons. The number of hydrogen-bond acceptors (Lipinski definition) is 9. The second kappa shape index (κ2) is 12.1. The molecule has 12 nitrogen and oxygen atoms in total. The SMILES string of the molecule is Cc1c(-c2cc(N3C(=O)[C@@H]4C[C@@H]5C(=CC[C@@H]6C(=O)N(c7ccc(C(=O)O)c(O)c7)C(=O)[C@@H]65)[C@H](c5ccccc5O)[C@]4(C)C3=O)n(C)n2)sc2ccc(Cl)cc12. The number of phenols is 2. The normalized spacial score (nSPS) is 26.0. The smallest absolute Gasteiger partial charge is 0.339 e. The zero-order chi connectivity index (χ0) is 38.8. The van der Waals surface area contributed by atoms with E-state index in [4.69, 9.17) is 16.7 Å². The van der Waals surface area contributed by atoms with Crippen molar-refractivity contribution >= 4 is 74.1 Å². The van der Waals surface area contributed by atoms with Gasteiger partial charge in [0.25, 0.3) is 0 Å². The number of imide groups is 2. The van der Waals surface area contributed by atoms with Crippen molar-refractivity contribution < 1.29 is 39.3 Å². The molecule has 3 aromatic carbocycles. The number of carbonyl (C=O) groups is 5. The molecule has 3 N–H and O–H groups in total. The highest BCUT2D eigenvalue weighted by molar-refractivity contribution is 7.22. The average Bonchev–Trinajstić information content (AvgIpc) is 3.82. The van der Waals surface area contributed by atoms with Gasteiger partial charge in [-0.2, -0.15) is 5.10 Å². The molecule has 55 heavy (non-hydrogen) atoms. The predicted octanol–water partition coefficient (Wildman–Crippen LogP) is 6.81. The standard InChI is InChI=1S/C41H33ClN4O8S/c1-18-25-14-19(42)8-13-31(25)55-35(18)28-17-32(44(3)43-28)46-37(50)27-16-26-21(34(41(27,2)40(46)54)22-6-4-5-7-29(22)47)11-12-24-33(26)38(51)45(36(24)49)20-9-10-23(39(52)53)30(48)15-20/h4-11,13-15,17,24,26-27,33-34,47-48H,12,16H2,1-3H3,(H,52,53)/t24-,26+,27-,33-,34+,41+/m0/s1. The zero-order valence-corrected chi connectivity index (χ0v) is 31.3. The topological polar surface area (TPSA) is 170 Å². The van der Waals surface area contributed by atoms with E-state index < -0.39 is 70.4 Å². The van der Waals surface area contributed by atoms with E-state index >= 15 is 4.79 Å². The van der Waals surface area contributed by atoms with Crippen LogP contribution in [-0.4, -0.2) is 54.7 Å². The van der Waals surface area contributed by atoms with E-state index in [2.05, 4.69) is 0 Å². The summed E-state index contributed by atoms with van der Waals surface area (Å²) in [5.41, 5.74) is 0.955.